The maximum atomic E-state index is 12.7. The molecule has 0 saturated carbocycles. The fourth-order valence-electron chi connectivity index (χ4n) is 1.92. The molecule has 0 fully saturated rings. The molecule has 0 amide bonds. The Morgan fingerprint density at radius 3 is 1.17 bits per heavy atom. The standard InChI is InChI=1S/C11H11F6N/c1-4-5(2)7(10(12,13)14)9(18)8(6(4)3)11(15,16)17/h18H2,1-3H3. The van der Waals surface area contributed by atoms with E-state index in [1.54, 1.807) is 0 Å². The largest absolute Gasteiger partial charge is 0.418 e. The van der Waals surface area contributed by atoms with Gasteiger partial charge in [-0.25, -0.2) is 0 Å². The Morgan fingerprint density at radius 1 is 0.667 bits per heavy atom. The zero-order chi connectivity index (χ0) is 14.5. The molecule has 0 spiro atoms. The molecule has 0 unspecified atom stereocenters. The number of nitrogen functional groups attached to an aromatic ring is 1. The van der Waals surface area contributed by atoms with E-state index in [-0.39, 0.29) is 16.7 Å². The average molecular weight is 271 g/mol. The molecule has 102 valence electrons. The minimum absolute atomic E-state index is 0.0520. The normalized spacial score (nSPS) is 12.9. The van der Waals surface area contributed by atoms with Crippen LogP contribution in [0.5, 0.6) is 0 Å². The molecule has 0 aliphatic heterocycles. The topological polar surface area (TPSA) is 26.0 Å². The van der Waals surface area contributed by atoms with E-state index in [1.165, 1.54) is 6.92 Å². The van der Waals surface area contributed by atoms with Crippen LogP contribution in [0, 0.1) is 20.8 Å². The molecular formula is C11H11F6N. The van der Waals surface area contributed by atoms with E-state index in [2.05, 4.69) is 0 Å². The summed E-state index contributed by atoms with van der Waals surface area (Å²) in [6, 6.07) is 0. The Labute approximate surface area is 99.6 Å². The van der Waals surface area contributed by atoms with E-state index in [1.807, 2.05) is 0 Å². The minimum atomic E-state index is -4.91. The maximum Gasteiger partial charge on any atom is 0.418 e. The van der Waals surface area contributed by atoms with Gasteiger partial charge in [0, 0.05) is 0 Å². The van der Waals surface area contributed by atoms with Gasteiger partial charge in [0.1, 0.15) is 0 Å². The van der Waals surface area contributed by atoms with Gasteiger partial charge in [0.05, 0.1) is 16.8 Å². The number of halogens is 6. The van der Waals surface area contributed by atoms with Crippen LogP contribution in [0.3, 0.4) is 0 Å². The predicted molar refractivity (Wildman–Crippen MR) is 55.1 cm³/mol. The van der Waals surface area contributed by atoms with E-state index in [9.17, 15) is 26.3 Å². The zero-order valence-electron chi connectivity index (χ0n) is 9.85. The third-order valence-corrected chi connectivity index (χ3v) is 2.98. The van der Waals surface area contributed by atoms with Gasteiger partial charge < -0.3 is 5.73 Å². The van der Waals surface area contributed by atoms with Crippen LogP contribution in [-0.4, -0.2) is 0 Å². The fraction of sp³-hybridized carbons (Fsp3) is 0.455. The van der Waals surface area contributed by atoms with E-state index < -0.39 is 29.2 Å². The zero-order valence-corrected chi connectivity index (χ0v) is 9.85. The minimum Gasteiger partial charge on any atom is -0.398 e. The van der Waals surface area contributed by atoms with Gasteiger partial charge in [0.25, 0.3) is 0 Å². The molecule has 0 atom stereocenters. The van der Waals surface area contributed by atoms with Gasteiger partial charge in [-0.05, 0) is 37.5 Å². The van der Waals surface area contributed by atoms with Crippen molar-refractivity contribution in [3.8, 4) is 0 Å². The summed E-state index contributed by atoms with van der Waals surface area (Å²) in [6.45, 7) is 3.44. The Morgan fingerprint density at radius 2 is 0.944 bits per heavy atom. The number of anilines is 1. The highest BCUT2D eigenvalue weighted by Crippen LogP contribution is 2.45. The Kier molecular flexibility index (Phi) is 3.31. The van der Waals surface area contributed by atoms with Crippen LogP contribution < -0.4 is 5.73 Å². The molecular weight excluding hydrogens is 260 g/mol. The van der Waals surface area contributed by atoms with E-state index in [0.717, 1.165) is 13.8 Å². The van der Waals surface area contributed by atoms with E-state index in [0.29, 0.717) is 0 Å². The third kappa shape index (κ3) is 2.26. The van der Waals surface area contributed by atoms with Crippen molar-refractivity contribution in [2.45, 2.75) is 33.1 Å². The fourth-order valence-corrected chi connectivity index (χ4v) is 1.92. The van der Waals surface area contributed by atoms with Crippen LogP contribution in [0.4, 0.5) is 32.0 Å². The summed E-state index contributed by atoms with van der Waals surface area (Å²) in [7, 11) is 0. The van der Waals surface area contributed by atoms with Crippen molar-refractivity contribution < 1.29 is 26.3 Å². The summed E-state index contributed by atoms with van der Waals surface area (Å²) < 4.78 is 76.5. The first-order chi connectivity index (χ1) is 7.89. The lowest BCUT2D eigenvalue weighted by Crippen LogP contribution is -2.20. The number of rotatable bonds is 0. The molecule has 2 N–H and O–H groups in total. The first-order valence-electron chi connectivity index (χ1n) is 4.92. The molecule has 1 nitrogen and oxygen atoms in total. The van der Waals surface area contributed by atoms with Gasteiger partial charge in [0.2, 0.25) is 0 Å². The quantitative estimate of drug-likeness (QED) is 0.554. The lowest BCUT2D eigenvalue weighted by Gasteiger charge is -2.22. The molecule has 1 aromatic carbocycles. The van der Waals surface area contributed by atoms with Gasteiger partial charge in [0.15, 0.2) is 0 Å². The number of nitrogens with two attached hydrogens (primary N) is 1. The van der Waals surface area contributed by atoms with Crippen molar-refractivity contribution in [1.82, 2.24) is 0 Å². The summed E-state index contributed by atoms with van der Waals surface area (Å²) in [5, 5.41) is 0. The highest BCUT2D eigenvalue weighted by molar-refractivity contribution is 5.65. The van der Waals surface area contributed by atoms with Crippen molar-refractivity contribution in [3.05, 3.63) is 27.8 Å². The van der Waals surface area contributed by atoms with Crippen molar-refractivity contribution in [2.24, 2.45) is 0 Å². The first kappa shape index (κ1) is 14.7. The molecule has 0 aliphatic carbocycles. The summed E-state index contributed by atoms with van der Waals surface area (Å²) in [6.07, 6.45) is -9.82. The van der Waals surface area contributed by atoms with Gasteiger partial charge in [-0.1, -0.05) is 0 Å². The molecule has 0 aromatic heterocycles. The van der Waals surface area contributed by atoms with Gasteiger partial charge in [-0.2, -0.15) is 26.3 Å². The average Bonchev–Trinajstić information content (AvgIpc) is 2.09. The summed E-state index contributed by atoms with van der Waals surface area (Å²) in [4.78, 5) is 0. The van der Waals surface area contributed by atoms with Crippen molar-refractivity contribution in [2.75, 3.05) is 5.73 Å². The molecule has 7 heteroatoms. The lowest BCUT2D eigenvalue weighted by molar-refractivity contribution is -0.142. The van der Waals surface area contributed by atoms with Crippen LogP contribution in [-0.2, 0) is 12.4 Å². The Balaban J connectivity index is 3.83. The Hall–Kier alpha value is -1.40. The molecule has 1 aromatic rings. The molecule has 0 bridgehead atoms. The summed E-state index contributed by atoms with van der Waals surface area (Å²) >= 11 is 0. The summed E-state index contributed by atoms with van der Waals surface area (Å²) in [5.74, 6) is 0. The smallest absolute Gasteiger partial charge is 0.398 e. The third-order valence-electron chi connectivity index (χ3n) is 2.98. The molecule has 0 saturated heterocycles. The van der Waals surface area contributed by atoms with Crippen molar-refractivity contribution in [3.63, 3.8) is 0 Å². The lowest BCUT2D eigenvalue weighted by atomic mass is 9.91. The Bertz CT molecular complexity index is 443. The van der Waals surface area contributed by atoms with Crippen LogP contribution in [0.2, 0.25) is 0 Å². The highest BCUT2D eigenvalue weighted by Gasteiger charge is 2.43. The SMILES string of the molecule is Cc1c(C)c(C(F)(F)F)c(N)c(C(F)(F)F)c1C. The second-order valence-corrected chi connectivity index (χ2v) is 4.03. The molecule has 0 aliphatic rings. The highest BCUT2D eigenvalue weighted by atomic mass is 19.4. The second-order valence-electron chi connectivity index (χ2n) is 4.03. The van der Waals surface area contributed by atoms with Crippen LogP contribution in [0.25, 0.3) is 0 Å². The van der Waals surface area contributed by atoms with Crippen molar-refractivity contribution >= 4 is 5.69 Å². The number of benzene rings is 1. The van der Waals surface area contributed by atoms with Gasteiger partial charge >= 0.3 is 12.4 Å². The van der Waals surface area contributed by atoms with E-state index >= 15 is 0 Å². The van der Waals surface area contributed by atoms with Crippen LogP contribution in [0.15, 0.2) is 0 Å². The van der Waals surface area contributed by atoms with Crippen LogP contribution >= 0.6 is 0 Å². The molecule has 0 radical (unpaired) electrons. The predicted octanol–water partition coefficient (Wildman–Crippen LogP) is 4.23. The van der Waals surface area contributed by atoms with Crippen LogP contribution in [0.1, 0.15) is 27.8 Å². The van der Waals surface area contributed by atoms with Gasteiger partial charge in [-0.3, -0.25) is 0 Å². The van der Waals surface area contributed by atoms with Gasteiger partial charge in [-0.15, -0.1) is 0 Å². The summed E-state index contributed by atoms with van der Waals surface area (Å²) in [5.41, 5.74) is 0.425. The maximum absolute atomic E-state index is 12.7. The number of hydrogen-bond donors (Lipinski definition) is 1. The number of hydrogen-bond acceptors (Lipinski definition) is 1. The molecule has 0 heterocycles. The number of alkyl halides is 6. The first-order valence-corrected chi connectivity index (χ1v) is 4.92. The molecule has 18 heavy (non-hydrogen) atoms. The molecule has 1 rings (SSSR count). The van der Waals surface area contributed by atoms with E-state index in [4.69, 9.17) is 5.73 Å². The monoisotopic (exact) mass is 271 g/mol. The second kappa shape index (κ2) is 4.07. The van der Waals surface area contributed by atoms with Crippen molar-refractivity contribution in [1.29, 1.82) is 0 Å².